The van der Waals surface area contributed by atoms with Crippen molar-refractivity contribution in [1.82, 2.24) is 20.6 Å². The molecule has 1 amide bonds. The number of carboxylic acid groups (broad SMARTS) is 1. The molecule has 0 spiro atoms. The number of phenols is 1. The molecule has 1 saturated heterocycles. The topological polar surface area (TPSA) is 162 Å². The number of ether oxygens (including phenoxy) is 1. The van der Waals surface area contributed by atoms with Crippen LogP contribution in [0, 0.1) is 0 Å². The maximum Gasteiger partial charge on any atom is 0.344 e. The van der Waals surface area contributed by atoms with E-state index in [2.05, 4.69) is 41.9 Å². The van der Waals surface area contributed by atoms with Crippen LogP contribution in [0.3, 0.4) is 0 Å². The van der Waals surface area contributed by atoms with Crippen LogP contribution in [0.5, 0.6) is 11.5 Å². The molecule has 0 bridgehead atoms. The van der Waals surface area contributed by atoms with Gasteiger partial charge in [-0.1, -0.05) is 27.1 Å². The first kappa shape index (κ1) is 24.0. The van der Waals surface area contributed by atoms with Crippen LogP contribution >= 0.6 is 15.9 Å². The number of aromatic hydroxyl groups is 1. The minimum absolute atomic E-state index is 0.00363. The first-order valence-corrected chi connectivity index (χ1v) is 11.1. The number of nitrogens with one attached hydrogen (secondary N) is 2. The van der Waals surface area contributed by atoms with Crippen molar-refractivity contribution < 1.29 is 29.0 Å². The molecule has 13 heteroatoms. The van der Waals surface area contributed by atoms with Gasteiger partial charge in [0.1, 0.15) is 5.84 Å². The number of aromatic carboxylic acids is 1. The van der Waals surface area contributed by atoms with E-state index in [9.17, 15) is 19.8 Å². The summed E-state index contributed by atoms with van der Waals surface area (Å²) in [5.41, 5.74) is 4.18. The van der Waals surface area contributed by atoms with Crippen molar-refractivity contribution in [2.45, 2.75) is 25.9 Å². The highest BCUT2D eigenvalue weighted by molar-refractivity contribution is 9.10. The van der Waals surface area contributed by atoms with Crippen LogP contribution < -0.4 is 15.5 Å². The van der Waals surface area contributed by atoms with Crippen LogP contribution in [0.2, 0.25) is 0 Å². The molecule has 1 aliphatic rings. The van der Waals surface area contributed by atoms with Gasteiger partial charge >= 0.3 is 12.0 Å². The average Bonchev–Trinajstić information content (AvgIpc) is 3.46. The SMILES string of the molecule is COc1cc(C2C/C(=N/c3nnc(CNc4ccc(Br)cc4C(=O)O)o3)NN2C(C)=O)ccc1O. The quantitative estimate of drug-likeness (QED) is 0.346. The third kappa shape index (κ3) is 5.35. The Morgan fingerprint density at radius 2 is 2.11 bits per heavy atom. The largest absolute Gasteiger partial charge is 0.504 e. The molecule has 0 radical (unpaired) electrons. The first-order chi connectivity index (χ1) is 16.7. The predicted molar refractivity (Wildman–Crippen MR) is 127 cm³/mol. The van der Waals surface area contributed by atoms with E-state index in [1.807, 2.05) is 0 Å². The second-order valence-corrected chi connectivity index (χ2v) is 8.45. The molecular formula is C22H21BrN6O6. The molecule has 1 aromatic heterocycles. The fraction of sp³-hybridized carbons (Fsp3) is 0.227. The number of amides is 1. The molecule has 3 aromatic rings. The van der Waals surface area contributed by atoms with E-state index >= 15 is 0 Å². The van der Waals surface area contributed by atoms with Gasteiger partial charge in [-0.3, -0.25) is 10.2 Å². The van der Waals surface area contributed by atoms with Gasteiger partial charge in [-0.2, -0.15) is 4.99 Å². The van der Waals surface area contributed by atoms with Gasteiger partial charge < -0.3 is 24.7 Å². The summed E-state index contributed by atoms with van der Waals surface area (Å²) in [4.78, 5) is 28.0. The van der Waals surface area contributed by atoms with Gasteiger partial charge in [-0.15, -0.1) is 5.10 Å². The van der Waals surface area contributed by atoms with E-state index in [0.29, 0.717) is 28.2 Å². The number of carboxylic acids is 1. The third-order valence-electron chi connectivity index (χ3n) is 5.20. The van der Waals surface area contributed by atoms with Gasteiger partial charge in [0.2, 0.25) is 11.8 Å². The first-order valence-electron chi connectivity index (χ1n) is 10.3. The van der Waals surface area contributed by atoms with Crippen molar-refractivity contribution in [2.75, 3.05) is 12.4 Å². The number of aliphatic imine (C=N–C) groups is 1. The van der Waals surface area contributed by atoms with Crippen molar-refractivity contribution in [3.63, 3.8) is 0 Å². The molecule has 1 aliphatic heterocycles. The number of benzene rings is 2. The van der Waals surface area contributed by atoms with Crippen molar-refractivity contribution in [3.8, 4) is 11.5 Å². The highest BCUT2D eigenvalue weighted by atomic mass is 79.9. The highest BCUT2D eigenvalue weighted by Crippen LogP contribution is 2.34. The molecule has 2 heterocycles. The van der Waals surface area contributed by atoms with Gasteiger partial charge in [-0.05, 0) is 35.9 Å². The van der Waals surface area contributed by atoms with E-state index in [1.165, 1.54) is 31.2 Å². The second-order valence-electron chi connectivity index (χ2n) is 7.54. The number of amidine groups is 1. The lowest BCUT2D eigenvalue weighted by Crippen LogP contribution is -2.38. The van der Waals surface area contributed by atoms with E-state index in [-0.39, 0.29) is 35.7 Å². The number of hydrogen-bond donors (Lipinski definition) is 4. The molecule has 2 aromatic carbocycles. The molecule has 0 saturated carbocycles. The molecule has 182 valence electrons. The standard InChI is InChI=1S/C22H21BrN6O6/c1-11(30)29-16(12-3-6-17(31)18(7-12)34-2)9-19(28-29)25-22-27-26-20(35-22)10-24-15-5-4-13(23)8-14(15)21(32)33/h3-8,16,24,31H,9-10H2,1-2H3,(H,32,33)(H,25,27,28). The number of hydrogen-bond acceptors (Lipinski definition) is 9. The lowest BCUT2D eigenvalue weighted by molar-refractivity contribution is -0.132. The highest BCUT2D eigenvalue weighted by Gasteiger charge is 2.33. The van der Waals surface area contributed by atoms with Crippen molar-refractivity contribution in [2.24, 2.45) is 4.99 Å². The van der Waals surface area contributed by atoms with Crippen molar-refractivity contribution in [1.29, 1.82) is 0 Å². The number of anilines is 1. The maximum absolute atomic E-state index is 12.2. The van der Waals surface area contributed by atoms with Gasteiger partial charge in [0, 0.05) is 23.5 Å². The zero-order valence-electron chi connectivity index (χ0n) is 18.6. The fourth-order valence-electron chi connectivity index (χ4n) is 3.57. The van der Waals surface area contributed by atoms with Gasteiger partial charge in [0.05, 0.1) is 25.3 Å². The minimum Gasteiger partial charge on any atom is -0.504 e. The molecule has 1 unspecified atom stereocenters. The fourth-order valence-corrected chi connectivity index (χ4v) is 3.93. The lowest BCUT2D eigenvalue weighted by atomic mass is 10.0. The zero-order valence-corrected chi connectivity index (χ0v) is 20.2. The Bertz CT molecular complexity index is 1310. The number of nitrogens with zero attached hydrogens (tertiary/aromatic N) is 4. The Morgan fingerprint density at radius 3 is 2.83 bits per heavy atom. The predicted octanol–water partition coefficient (Wildman–Crippen LogP) is 3.38. The van der Waals surface area contributed by atoms with E-state index in [1.54, 1.807) is 24.3 Å². The van der Waals surface area contributed by atoms with Crippen LogP contribution in [-0.4, -0.2) is 50.2 Å². The summed E-state index contributed by atoms with van der Waals surface area (Å²) in [5, 5.41) is 31.5. The Kier molecular flexibility index (Phi) is 6.87. The van der Waals surface area contributed by atoms with Gasteiger partial charge in [0.15, 0.2) is 11.5 Å². The number of carbonyl (C=O) groups is 2. The second kappa shape index (κ2) is 10.0. The summed E-state index contributed by atoms with van der Waals surface area (Å²) >= 11 is 3.25. The van der Waals surface area contributed by atoms with Crippen LogP contribution in [0.4, 0.5) is 11.7 Å². The Hall–Kier alpha value is -4.13. The van der Waals surface area contributed by atoms with Crippen LogP contribution in [0.15, 0.2) is 50.3 Å². The molecular weight excluding hydrogens is 524 g/mol. The molecule has 4 N–H and O–H groups in total. The molecule has 1 fully saturated rings. The number of halogens is 1. The van der Waals surface area contributed by atoms with E-state index in [4.69, 9.17) is 9.15 Å². The normalized spacial score (nSPS) is 16.3. The molecule has 35 heavy (non-hydrogen) atoms. The minimum atomic E-state index is -1.07. The summed E-state index contributed by atoms with van der Waals surface area (Å²) in [6.45, 7) is 1.51. The smallest absolute Gasteiger partial charge is 0.344 e. The number of rotatable bonds is 7. The zero-order chi connectivity index (χ0) is 25.1. The van der Waals surface area contributed by atoms with Crippen LogP contribution in [-0.2, 0) is 11.3 Å². The molecule has 0 aliphatic carbocycles. The van der Waals surface area contributed by atoms with Gasteiger partial charge in [0.25, 0.3) is 0 Å². The molecule has 4 rings (SSSR count). The Morgan fingerprint density at radius 1 is 1.31 bits per heavy atom. The third-order valence-corrected chi connectivity index (χ3v) is 5.70. The summed E-state index contributed by atoms with van der Waals surface area (Å²) < 4.78 is 11.4. The number of methoxy groups -OCH3 is 1. The monoisotopic (exact) mass is 544 g/mol. The Labute approximate surface area is 207 Å². The summed E-state index contributed by atoms with van der Waals surface area (Å²) in [7, 11) is 1.45. The molecule has 12 nitrogen and oxygen atoms in total. The number of hydrazine groups is 1. The number of carbonyl (C=O) groups excluding carboxylic acids is 1. The number of phenolic OH excluding ortho intramolecular Hbond substituents is 1. The molecule has 1 atom stereocenters. The van der Waals surface area contributed by atoms with Crippen molar-refractivity contribution >= 4 is 45.3 Å². The van der Waals surface area contributed by atoms with Gasteiger partial charge in [-0.25, -0.2) is 9.80 Å². The number of aromatic nitrogens is 2. The average molecular weight is 545 g/mol. The lowest BCUT2D eigenvalue weighted by Gasteiger charge is -2.22. The van der Waals surface area contributed by atoms with E-state index in [0.717, 1.165) is 5.56 Å². The maximum atomic E-state index is 12.2. The van der Waals surface area contributed by atoms with E-state index < -0.39 is 12.0 Å². The van der Waals surface area contributed by atoms with Crippen LogP contribution in [0.1, 0.15) is 41.2 Å². The summed E-state index contributed by atoms with van der Waals surface area (Å²) in [5.74, 6) is -0.384. The van der Waals surface area contributed by atoms with Crippen molar-refractivity contribution in [3.05, 3.63) is 57.9 Å². The van der Waals surface area contributed by atoms with Crippen LogP contribution in [0.25, 0.3) is 0 Å². The Balaban J connectivity index is 1.49. The summed E-state index contributed by atoms with van der Waals surface area (Å²) in [6, 6.07) is 9.28. The summed E-state index contributed by atoms with van der Waals surface area (Å²) in [6.07, 6.45) is 0.338.